The summed E-state index contributed by atoms with van der Waals surface area (Å²) in [5.74, 6) is 0.625. The van der Waals surface area contributed by atoms with E-state index in [1.54, 1.807) is 29.7 Å². The number of amides is 1. The van der Waals surface area contributed by atoms with Crippen molar-refractivity contribution in [1.82, 2.24) is 20.0 Å². The maximum Gasteiger partial charge on any atom is 0.254 e. The van der Waals surface area contributed by atoms with Gasteiger partial charge in [-0.15, -0.1) is 0 Å². The SMILES string of the molecule is Cc1cc(=O)n2c(n1)SCC2CC(=O)NCc1cc(-c2ccc(F)cc2)on1. The molecule has 0 saturated heterocycles. The Bertz CT molecular complexity index is 1080. The van der Waals surface area contributed by atoms with E-state index in [4.69, 9.17) is 4.52 Å². The van der Waals surface area contributed by atoms with Gasteiger partial charge in [-0.1, -0.05) is 16.9 Å². The van der Waals surface area contributed by atoms with Crippen LogP contribution in [0.3, 0.4) is 0 Å². The zero-order valence-electron chi connectivity index (χ0n) is 15.0. The molecule has 0 spiro atoms. The summed E-state index contributed by atoms with van der Waals surface area (Å²) in [6, 6.07) is 8.84. The van der Waals surface area contributed by atoms with Crippen molar-refractivity contribution < 1.29 is 13.7 Å². The molecule has 1 atom stereocenters. The molecule has 0 radical (unpaired) electrons. The summed E-state index contributed by atoms with van der Waals surface area (Å²) in [6.07, 6.45) is 0.188. The van der Waals surface area contributed by atoms with E-state index in [0.29, 0.717) is 33.6 Å². The maximum absolute atomic E-state index is 13.0. The van der Waals surface area contributed by atoms with Gasteiger partial charge in [-0.05, 0) is 31.2 Å². The number of fused-ring (bicyclic) bond motifs is 1. The van der Waals surface area contributed by atoms with E-state index in [0.717, 1.165) is 0 Å². The number of aromatic nitrogens is 3. The topological polar surface area (TPSA) is 90.0 Å². The summed E-state index contributed by atoms with van der Waals surface area (Å²) in [5.41, 5.74) is 1.80. The van der Waals surface area contributed by atoms with Gasteiger partial charge in [-0.3, -0.25) is 14.2 Å². The van der Waals surface area contributed by atoms with Crippen LogP contribution in [0.5, 0.6) is 0 Å². The molecular weight excluding hydrogens is 383 g/mol. The second kappa shape index (κ2) is 7.59. The van der Waals surface area contributed by atoms with Crippen molar-refractivity contribution in [2.75, 3.05) is 5.75 Å². The average Bonchev–Trinajstić information content (AvgIpc) is 3.28. The molecular formula is C19H17FN4O3S. The number of nitrogens with zero attached hydrogens (tertiary/aromatic N) is 3. The lowest BCUT2D eigenvalue weighted by Crippen LogP contribution is -2.30. The standard InChI is InChI=1S/C19H17FN4O3S/c1-11-6-18(26)24-15(10-28-19(24)22-11)8-17(25)21-9-14-7-16(27-23-14)12-2-4-13(20)5-3-12/h2-7,15H,8-10H2,1H3,(H,21,25). The van der Waals surface area contributed by atoms with Crippen LogP contribution >= 0.6 is 11.8 Å². The predicted molar refractivity (Wildman–Crippen MR) is 101 cm³/mol. The Labute approximate surface area is 164 Å². The van der Waals surface area contributed by atoms with E-state index in [1.807, 2.05) is 0 Å². The van der Waals surface area contributed by atoms with Gasteiger partial charge in [0.25, 0.3) is 5.56 Å². The van der Waals surface area contributed by atoms with Crippen LogP contribution in [0.2, 0.25) is 0 Å². The molecule has 0 saturated carbocycles. The molecule has 2 aromatic heterocycles. The van der Waals surface area contributed by atoms with E-state index < -0.39 is 0 Å². The Morgan fingerprint density at radius 3 is 2.93 bits per heavy atom. The number of carbonyl (C=O) groups is 1. The molecule has 0 aliphatic carbocycles. The van der Waals surface area contributed by atoms with Gasteiger partial charge in [0.2, 0.25) is 5.91 Å². The molecule has 1 N–H and O–H groups in total. The number of carbonyl (C=O) groups excluding carboxylic acids is 1. The molecule has 3 aromatic rings. The second-order valence-electron chi connectivity index (χ2n) is 6.52. The normalized spacial score (nSPS) is 15.4. The van der Waals surface area contributed by atoms with Gasteiger partial charge >= 0.3 is 0 Å². The zero-order valence-corrected chi connectivity index (χ0v) is 15.8. The fourth-order valence-electron chi connectivity index (χ4n) is 3.03. The monoisotopic (exact) mass is 400 g/mol. The lowest BCUT2D eigenvalue weighted by Gasteiger charge is -2.12. The molecule has 1 unspecified atom stereocenters. The Morgan fingerprint density at radius 2 is 2.14 bits per heavy atom. The highest BCUT2D eigenvalue weighted by Gasteiger charge is 2.27. The van der Waals surface area contributed by atoms with Crippen LogP contribution in [-0.4, -0.2) is 26.4 Å². The highest BCUT2D eigenvalue weighted by Crippen LogP contribution is 2.31. The molecule has 0 bridgehead atoms. The van der Waals surface area contributed by atoms with Gasteiger partial charge < -0.3 is 9.84 Å². The smallest absolute Gasteiger partial charge is 0.254 e. The van der Waals surface area contributed by atoms with E-state index in [1.165, 1.54) is 30.0 Å². The Kier molecular flexibility index (Phi) is 4.99. The highest BCUT2D eigenvalue weighted by molar-refractivity contribution is 7.99. The molecule has 9 heteroatoms. The number of nitrogens with one attached hydrogen (secondary N) is 1. The van der Waals surface area contributed by atoms with Crippen molar-refractivity contribution in [3.63, 3.8) is 0 Å². The quantitative estimate of drug-likeness (QED) is 0.663. The van der Waals surface area contributed by atoms with Crippen molar-refractivity contribution in [2.45, 2.75) is 31.1 Å². The van der Waals surface area contributed by atoms with E-state index in [9.17, 15) is 14.0 Å². The van der Waals surface area contributed by atoms with Crippen molar-refractivity contribution in [3.05, 3.63) is 64.0 Å². The lowest BCUT2D eigenvalue weighted by molar-refractivity contribution is -0.121. The lowest BCUT2D eigenvalue weighted by atomic mass is 10.1. The van der Waals surface area contributed by atoms with Crippen molar-refractivity contribution in [1.29, 1.82) is 0 Å². The Balaban J connectivity index is 1.36. The molecule has 0 fully saturated rings. The zero-order chi connectivity index (χ0) is 19.7. The summed E-state index contributed by atoms with van der Waals surface area (Å²) in [7, 11) is 0. The third-order valence-corrected chi connectivity index (χ3v) is 5.49. The third-order valence-electron chi connectivity index (χ3n) is 4.39. The molecule has 1 amide bonds. The first-order chi connectivity index (χ1) is 13.5. The number of halogens is 1. The summed E-state index contributed by atoms with van der Waals surface area (Å²) in [4.78, 5) is 28.9. The maximum atomic E-state index is 13.0. The molecule has 4 rings (SSSR count). The minimum atomic E-state index is -0.327. The Morgan fingerprint density at radius 1 is 1.36 bits per heavy atom. The average molecular weight is 400 g/mol. The number of hydrogen-bond donors (Lipinski definition) is 1. The molecule has 1 aliphatic rings. The first-order valence-corrected chi connectivity index (χ1v) is 9.69. The van der Waals surface area contributed by atoms with Gasteiger partial charge in [0, 0.05) is 35.6 Å². The number of hydrogen-bond acceptors (Lipinski definition) is 6. The fourth-order valence-corrected chi connectivity index (χ4v) is 4.23. The number of aryl methyl sites for hydroxylation is 1. The van der Waals surface area contributed by atoms with Gasteiger partial charge in [-0.2, -0.15) is 0 Å². The summed E-state index contributed by atoms with van der Waals surface area (Å²) in [6.45, 7) is 1.98. The number of rotatable bonds is 5. The van der Waals surface area contributed by atoms with Crippen LogP contribution in [0, 0.1) is 12.7 Å². The minimum Gasteiger partial charge on any atom is -0.356 e. The van der Waals surface area contributed by atoms with Crippen molar-refractivity contribution >= 4 is 17.7 Å². The number of thioether (sulfide) groups is 1. The molecule has 3 heterocycles. The van der Waals surface area contributed by atoms with Crippen molar-refractivity contribution in [2.24, 2.45) is 0 Å². The summed E-state index contributed by atoms with van der Waals surface area (Å²) < 4.78 is 19.8. The minimum absolute atomic E-state index is 0.134. The molecule has 1 aromatic carbocycles. The molecule has 7 nitrogen and oxygen atoms in total. The van der Waals surface area contributed by atoms with E-state index in [2.05, 4.69) is 15.5 Å². The predicted octanol–water partition coefficient (Wildman–Crippen LogP) is 2.70. The molecule has 144 valence electrons. The fraction of sp³-hybridized carbons (Fsp3) is 0.263. The van der Waals surface area contributed by atoms with Gasteiger partial charge in [-0.25, -0.2) is 9.37 Å². The van der Waals surface area contributed by atoms with Crippen LogP contribution < -0.4 is 10.9 Å². The Hall–Kier alpha value is -2.94. The van der Waals surface area contributed by atoms with Crippen LogP contribution in [0.1, 0.15) is 23.9 Å². The molecule has 1 aliphatic heterocycles. The van der Waals surface area contributed by atoms with Gasteiger partial charge in [0.15, 0.2) is 10.9 Å². The largest absolute Gasteiger partial charge is 0.356 e. The van der Waals surface area contributed by atoms with Gasteiger partial charge in [0.05, 0.1) is 12.6 Å². The number of benzene rings is 1. The highest BCUT2D eigenvalue weighted by atomic mass is 32.2. The summed E-state index contributed by atoms with van der Waals surface area (Å²) in [5, 5.41) is 7.38. The van der Waals surface area contributed by atoms with Crippen LogP contribution in [0.25, 0.3) is 11.3 Å². The van der Waals surface area contributed by atoms with Gasteiger partial charge in [0.1, 0.15) is 11.5 Å². The first kappa shape index (κ1) is 18.4. The van der Waals surface area contributed by atoms with Crippen LogP contribution in [0.4, 0.5) is 4.39 Å². The molecule has 28 heavy (non-hydrogen) atoms. The van der Waals surface area contributed by atoms with Crippen LogP contribution in [-0.2, 0) is 11.3 Å². The van der Waals surface area contributed by atoms with Crippen molar-refractivity contribution in [3.8, 4) is 11.3 Å². The first-order valence-electron chi connectivity index (χ1n) is 8.71. The van der Waals surface area contributed by atoms with E-state index in [-0.39, 0.29) is 36.3 Å². The van der Waals surface area contributed by atoms with Crippen LogP contribution in [0.15, 0.2) is 50.9 Å². The third kappa shape index (κ3) is 3.84. The summed E-state index contributed by atoms with van der Waals surface area (Å²) >= 11 is 1.48. The van der Waals surface area contributed by atoms with E-state index >= 15 is 0 Å². The second-order valence-corrected chi connectivity index (χ2v) is 7.51.